The number of hydrogen-bond acceptors (Lipinski definition) is 5. The number of alkyl halides is 2. The highest BCUT2D eigenvalue weighted by Gasteiger charge is 2.22. The van der Waals surface area contributed by atoms with Crippen LogP contribution in [0.4, 0.5) is 8.78 Å². The largest absolute Gasteiger partial charge is 0.336 e. The Labute approximate surface area is 133 Å². The van der Waals surface area contributed by atoms with Crippen molar-refractivity contribution in [1.82, 2.24) is 14.8 Å². The van der Waals surface area contributed by atoms with Crippen LogP contribution in [0.5, 0.6) is 0 Å². The van der Waals surface area contributed by atoms with Crippen molar-refractivity contribution >= 4 is 15.9 Å². The van der Waals surface area contributed by atoms with E-state index < -0.39 is 16.4 Å². The normalized spacial score (nSPS) is 17.3. The number of pyridine rings is 1. The number of amides is 1. The van der Waals surface area contributed by atoms with E-state index in [9.17, 15) is 22.0 Å². The van der Waals surface area contributed by atoms with Crippen molar-refractivity contribution in [2.75, 3.05) is 32.7 Å². The van der Waals surface area contributed by atoms with Gasteiger partial charge in [-0.15, -0.1) is 0 Å². The van der Waals surface area contributed by atoms with Crippen LogP contribution in [0, 0.1) is 0 Å². The third-order valence-electron chi connectivity index (χ3n) is 3.56. The summed E-state index contributed by atoms with van der Waals surface area (Å²) in [7, 11) is -3.86. The van der Waals surface area contributed by atoms with Gasteiger partial charge in [0.25, 0.3) is 12.3 Å². The number of nitrogens with zero attached hydrogens (tertiary/aromatic N) is 3. The summed E-state index contributed by atoms with van der Waals surface area (Å²) in [6.45, 7) is 1.34. The molecule has 1 aromatic heterocycles. The summed E-state index contributed by atoms with van der Waals surface area (Å²) in [5, 5.41) is 4.97. The lowest BCUT2D eigenvalue weighted by Crippen LogP contribution is -2.36. The first kappa shape index (κ1) is 17.7. The van der Waals surface area contributed by atoms with Crippen molar-refractivity contribution in [2.24, 2.45) is 5.14 Å². The Morgan fingerprint density at radius 3 is 2.57 bits per heavy atom. The van der Waals surface area contributed by atoms with Gasteiger partial charge in [-0.1, -0.05) is 0 Å². The minimum atomic E-state index is -3.86. The summed E-state index contributed by atoms with van der Waals surface area (Å²) in [6, 6.07) is 2.51. The van der Waals surface area contributed by atoms with Crippen LogP contribution >= 0.6 is 0 Å². The van der Waals surface area contributed by atoms with Crippen LogP contribution in [-0.2, 0) is 10.0 Å². The predicted molar refractivity (Wildman–Crippen MR) is 78.6 cm³/mol. The number of aromatic nitrogens is 1. The Morgan fingerprint density at radius 2 is 2.00 bits per heavy atom. The van der Waals surface area contributed by atoms with Crippen LogP contribution in [0.3, 0.4) is 0 Å². The zero-order chi connectivity index (χ0) is 17.0. The molecule has 1 fully saturated rings. The van der Waals surface area contributed by atoms with Crippen molar-refractivity contribution < 1.29 is 22.0 Å². The lowest BCUT2D eigenvalue weighted by molar-refractivity contribution is 0.0737. The van der Waals surface area contributed by atoms with Crippen molar-refractivity contribution in [2.45, 2.75) is 17.7 Å². The van der Waals surface area contributed by atoms with Gasteiger partial charge in [-0.3, -0.25) is 9.69 Å². The molecule has 0 atom stereocenters. The molecule has 0 spiro atoms. The molecular formula is C13H18F2N4O3S. The highest BCUT2D eigenvalue weighted by Crippen LogP contribution is 2.11. The third kappa shape index (κ3) is 4.91. The van der Waals surface area contributed by atoms with Gasteiger partial charge in [-0.2, -0.15) is 0 Å². The van der Waals surface area contributed by atoms with Gasteiger partial charge in [0.1, 0.15) is 10.6 Å². The molecule has 0 bridgehead atoms. The van der Waals surface area contributed by atoms with Gasteiger partial charge in [0, 0.05) is 32.4 Å². The maximum absolute atomic E-state index is 12.4. The van der Waals surface area contributed by atoms with E-state index in [1.54, 1.807) is 4.90 Å². The van der Waals surface area contributed by atoms with Crippen molar-refractivity contribution in [3.8, 4) is 0 Å². The fourth-order valence-electron chi connectivity index (χ4n) is 2.39. The molecule has 2 rings (SSSR count). The Bertz CT molecular complexity index is 652. The summed E-state index contributed by atoms with van der Waals surface area (Å²) in [5.74, 6) is -0.357. The molecule has 10 heteroatoms. The monoisotopic (exact) mass is 348 g/mol. The molecule has 2 heterocycles. The molecule has 1 saturated heterocycles. The van der Waals surface area contributed by atoms with E-state index in [1.165, 1.54) is 17.0 Å². The summed E-state index contributed by atoms with van der Waals surface area (Å²) >= 11 is 0. The van der Waals surface area contributed by atoms with E-state index >= 15 is 0 Å². The predicted octanol–water partition coefficient (Wildman–Crippen LogP) is 0.142. The number of sulfonamides is 1. The number of nitrogens with two attached hydrogens (primary N) is 1. The molecule has 1 aromatic rings. The van der Waals surface area contributed by atoms with Crippen LogP contribution in [-0.4, -0.2) is 68.3 Å². The summed E-state index contributed by atoms with van der Waals surface area (Å²) in [6.07, 6.45) is -0.776. The first-order chi connectivity index (χ1) is 10.8. The molecule has 23 heavy (non-hydrogen) atoms. The van der Waals surface area contributed by atoms with Crippen molar-refractivity contribution in [3.63, 3.8) is 0 Å². The second kappa shape index (κ2) is 7.28. The number of hydrogen-bond donors (Lipinski definition) is 1. The molecular weight excluding hydrogens is 330 g/mol. The highest BCUT2D eigenvalue weighted by atomic mass is 32.2. The van der Waals surface area contributed by atoms with Gasteiger partial charge in [0.2, 0.25) is 10.0 Å². The highest BCUT2D eigenvalue weighted by molar-refractivity contribution is 7.89. The lowest BCUT2D eigenvalue weighted by atomic mass is 10.3. The van der Waals surface area contributed by atoms with E-state index in [0.29, 0.717) is 32.6 Å². The van der Waals surface area contributed by atoms with E-state index in [1.807, 2.05) is 0 Å². The van der Waals surface area contributed by atoms with E-state index in [2.05, 4.69) is 4.98 Å². The van der Waals surface area contributed by atoms with Crippen LogP contribution in [0.1, 0.15) is 16.9 Å². The third-order valence-corrected chi connectivity index (χ3v) is 4.45. The van der Waals surface area contributed by atoms with E-state index in [-0.39, 0.29) is 23.0 Å². The summed E-state index contributed by atoms with van der Waals surface area (Å²) in [4.78, 5) is 19.2. The second-order valence-electron chi connectivity index (χ2n) is 5.26. The number of carbonyl (C=O) groups excluding carboxylic acids is 1. The van der Waals surface area contributed by atoms with Crippen LogP contribution in [0.15, 0.2) is 23.2 Å². The van der Waals surface area contributed by atoms with Gasteiger partial charge in [0.05, 0.1) is 6.54 Å². The molecule has 7 nitrogen and oxygen atoms in total. The molecule has 0 unspecified atom stereocenters. The fraction of sp³-hybridized carbons (Fsp3) is 0.538. The topological polar surface area (TPSA) is 96.6 Å². The number of carbonyl (C=O) groups is 1. The summed E-state index contributed by atoms with van der Waals surface area (Å²) in [5.41, 5.74) is 0.0970. The van der Waals surface area contributed by atoms with Crippen LogP contribution in [0.25, 0.3) is 0 Å². The zero-order valence-corrected chi connectivity index (χ0v) is 13.2. The maximum atomic E-state index is 12.4. The van der Waals surface area contributed by atoms with Gasteiger partial charge in [0.15, 0.2) is 0 Å². The second-order valence-corrected chi connectivity index (χ2v) is 6.82. The molecule has 0 aliphatic carbocycles. The minimum Gasteiger partial charge on any atom is -0.336 e. The maximum Gasteiger partial charge on any atom is 0.272 e. The van der Waals surface area contributed by atoms with E-state index in [4.69, 9.17) is 5.14 Å². The Balaban J connectivity index is 2.03. The average molecular weight is 348 g/mol. The molecule has 1 aliphatic heterocycles. The smallest absolute Gasteiger partial charge is 0.272 e. The molecule has 0 radical (unpaired) electrons. The van der Waals surface area contributed by atoms with Gasteiger partial charge in [-0.25, -0.2) is 27.3 Å². The molecule has 0 saturated carbocycles. The Morgan fingerprint density at radius 1 is 1.26 bits per heavy atom. The van der Waals surface area contributed by atoms with Crippen LogP contribution in [0.2, 0.25) is 0 Å². The molecule has 2 N–H and O–H groups in total. The minimum absolute atomic E-state index is 0.0970. The van der Waals surface area contributed by atoms with Gasteiger partial charge in [-0.05, 0) is 18.6 Å². The van der Waals surface area contributed by atoms with Gasteiger partial charge >= 0.3 is 0 Å². The number of rotatable bonds is 4. The first-order valence-corrected chi connectivity index (χ1v) is 8.60. The Kier molecular flexibility index (Phi) is 5.60. The van der Waals surface area contributed by atoms with Crippen molar-refractivity contribution in [3.05, 3.63) is 24.0 Å². The summed E-state index contributed by atoms with van der Waals surface area (Å²) < 4.78 is 47.2. The molecule has 0 aromatic carbocycles. The molecule has 1 aliphatic rings. The molecule has 1 amide bonds. The molecule has 128 valence electrons. The van der Waals surface area contributed by atoms with Crippen molar-refractivity contribution in [1.29, 1.82) is 0 Å². The number of halogens is 2. The lowest BCUT2D eigenvalue weighted by Gasteiger charge is -2.21. The SMILES string of the molecule is NS(=O)(=O)c1ccc(C(=O)N2CCCN(CC(F)F)CC2)nc1. The van der Waals surface area contributed by atoms with Gasteiger partial charge < -0.3 is 4.90 Å². The quantitative estimate of drug-likeness (QED) is 0.835. The number of primary sulfonamides is 1. The van der Waals surface area contributed by atoms with Crippen LogP contribution < -0.4 is 5.14 Å². The first-order valence-electron chi connectivity index (χ1n) is 7.06. The Hall–Kier alpha value is -1.65. The fourth-order valence-corrected chi connectivity index (χ4v) is 2.85. The standard InChI is InChI=1S/C13H18F2N4O3S/c14-12(15)9-18-4-1-5-19(7-6-18)13(20)11-3-2-10(8-17-11)23(16,21)22/h2-3,8,12H,1,4-7,9H2,(H2,16,21,22). The zero-order valence-electron chi connectivity index (χ0n) is 12.4. The average Bonchev–Trinajstić information content (AvgIpc) is 2.71. The van der Waals surface area contributed by atoms with E-state index in [0.717, 1.165) is 6.20 Å².